The second-order valence-corrected chi connectivity index (χ2v) is 10.6. The van der Waals surface area contributed by atoms with Crippen LogP contribution in [0.15, 0.2) is 47.4 Å². The lowest BCUT2D eigenvalue weighted by Gasteiger charge is -2.32. The monoisotopic (exact) mass is 426 g/mol. The molecule has 1 N–H and O–H groups in total. The van der Waals surface area contributed by atoms with E-state index in [1.54, 1.807) is 24.3 Å². The first kappa shape index (κ1) is 21.1. The molecule has 1 fully saturated rings. The third-order valence-corrected chi connectivity index (χ3v) is 8.27. The van der Waals surface area contributed by atoms with Crippen LogP contribution in [0.2, 0.25) is 0 Å². The molecule has 30 heavy (non-hydrogen) atoms. The van der Waals surface area contributed by atoms with Crippen molar-refractivity contribution in [3.05, 3.63) is 64.7 Å². The molecule has 1 saturated heterocycles. The number of hydrogen-bond acceptors (Lipinski definition) is 3. The van der Waals surface area contributed by atoms with Crippen LogP contribution >= 0.6 is 0 Å². The summed E-state index contributed by atoms with van der Waals surface area (Å²) in [5.74, 6) is -0.386. The molecule has 1 heterocycles. The summed E-state index contributed by atoms with van der Waals surface area (Å²) in [6, 6.07) is 13.3. The number of benzene rings is 2. The molecular weight excluding hydrogens is 396 g/mol. The summed E-state index contributed by atoms with van der Waals surface area (Å²) in [7, 11) is -3.58. The van der Waals surface area contributed by atoms with Gasteiger partial charge in [-0.1, -0.05) is 35.9 Å². The van der Waals surface area contributed by atoms with Crippen LogP contribution in [0.5, 0.6) is 0 Å². The molecule has 2 aromatic carbocycles. The van der Waals surface area contributed by atoms with Crippen LogP contribution < -0.4 is 5.32 Å². The third kappa shape index (κ3) is 4.30. The number of nitrogens with zero attached hydrogens (tertiary/aromatic N) is 1. The van der Waals surface area contributed by atoms with E-state index in [2.05, 4.69) is 23.5 Å². The third-order valence-electron chi connectivity index (χ3n) is 6.39. The number of nitrogens with one attached hydrogen (secondary N) is 1. The number of fused-ring (bicyclic) bond motifs is 1. The van der Waals surface area contributed by atoms with E-state index < -0.39 is 10.0 Å². The van der Waals surface area contributed by atoms with Gasteiger partial charge in [-0.25, -0.2) is 8.42 Å². The minimum absolute atomic E-state index is 0.0631. The minimum Gasteiger partial charge on any atom is -0.349 e. The van der Waals surface area contributed by atoms with Gasteiger partial charge < -0.3 is 5.32 Å². The van der Waals surface area contributed by atoms with Crippen molar-refractivity contribution in [2.45, 2.75) is 56.9 Å². The molecule has 2 atom stereocenters. The molecule has 0 unspecified atom stereocenters. The van der Waals surface area contributed by atoms with Crippen molar-refractivity contribution < 1.29 is 13.2 Å². The molecule has 0 aromatic heterocycles. The van der Waals surface area contributed by atoms with Crippen LogP contribution in [0.4, 0.5) is 0 Å². The Morgan fingerprint density at radius 2 is 1.80 bits per heavy atom. The van der Waals surface area contributed by atoms with Crippen LogP contribution in [0.1, 0.15) is 54.5 Å². The van der Waals surface area contributed by atoms with Crippen molar-refractivity contribution in [3.63, 3.8) is 0 Å². The van der Waals surface area contributed by atoms with Gasteiger partial charge in [-0.3, -0.25) is 4.79 Å². The second kappa shape index (κ2) is 8.52. The van der Waals surface area contributed by atoms with Gasteiger partial charge in [0.05, 0.1) is 16.9 Å². The minimum atomic E-state index is -3.58. The van der Waals surface area contributed by atoms with Crippen LogP contribution in [0.3, 0.4) is 0 Å². The fourth-order valence-electron chi connectivity index (χ4n) is 4.51. The lowest BCUT2D eigenvalue weighted by molar-refractivity contribution is -0.126. The zero-order valence-corrected chi connectivity index (χ0v) is 18.5. The van der Waals surface area contributed by atoms with Crippen molar-refractivity contribution in [1.29, 1.82) is 0 Å². The molecule has 0 bridgehead atoms. The van der Waals surface area contributed by atoms with E-state index >= 15 is 0 Å². The summed E-state index contributed by atoms with van der Waals surface area (Å²) in [5, 5.41) is 3.12. The Kier molecular flexibility index (Phi) is 5.98. The van der Waals surface area contributed by atoms with Crippen molar-refractivity contribution in [3.8, 4) is 0 Å². The average Bonchev–Trinajstić information content (AvgIpc) is 3.22. The average molecular weight is 427 g/mol. The highest BCUT2D eigenvalue weighted by atomic mass is 32.2. The highest BCUT2D eigenvalue weighted by molar-refractivity contribution is 7.89. The smallest absolute Gasteiger partial charge is 0.243 e. The molecule has 4 rings (SSSR count). The summed E-state index contributed by atoms with van der Waals surface area (Å²) in [6.45, 7) is 4.62. The lowest BCUT2D eigenvalue weighted by Crippen LogP contribution is -2.45. The standard InChI is InChI=1S/C24H30N2O3S/c1-17-8-12-23(13-9-17)30(28,29)26-14-4-7-22(16-26)24(27)25-18(2)20-11-10-19-5-3-6-21(19)15-20/h8-13,15,18,22H,3-7,14,16H2,1-2H3,(H,25,27)/t18-,22+/m1/s1. The van der Waals surface area contributed by atoms with Crippen molar-refractivity contribution in [2.75, 3.05) is 13.1 Å². The largest absolute Gasteiger partial charge is 0.349 e. The number of carbonyl (C=O) groups excluding carboxylic acids is 1. The van der Waals surface area contributed by atoms with Gasteiger partial charge in [0.25, 0.3) is 0 Å². The van der Waals surface area contributed by atoms with Crippen molar-refractivity contribution >= 4 is 15.9 Å². The molecular formula is C24H30N2O3S. The lowest BCUT2D eigenvalue weighted by atomic mass is 9.97. The second-order valence-electron chi connectivity index (χ2n) is 8.63. The van der Waals surface area contributed by atoms with Crippen LogP contribution in [0.25, 0.3) is 0 Å². The fraction of sp³-hybridized carbons (Fsp3) is 0.458. The van der Waals surface area contributed by atoms with Gasteiger partial charge in [0, 0.05) is 13.1 Å². The first-order chi connectivity index (χ1) is 14.3. The van der Waals surface area contributed by atoms with Gasteiger partial charge in [-0.2, -0.15) is 4.31 Å². The highest BCUT2D eigenvalue weighted by Gasteiger charge is 2.33. The van der Waals surface area contributed by atoms with Gasteiger partial charge >= 0.3 is 0 Å². The van der Waals surface area contributed by atoms with Gasteiger partial charge in [-0.05, 0) is 74.8 Å². The molecule has 1 aliphatic heterocycles. The van der Waals surface area contributed by atoms with Crippen molar-refractivity contribution in [1.82, 2.24) is 9.62 Å². The number of sulfonamides is 1. The van der Waals surface area contributed by atoms with E-state index in [9.17, 15) is 13.2 Å². The molecule has 160 valence electrons. The zero-order valence-electron chi connectivity index (χ0n) is 17.7. The predicted molar refractivity (Wildman–Crippen MR) is 118 cm³/mol. The van der Waals surface area contributed by atoms with E-state index in [1.807, 2.05) is 13.8 Å². The molecule has 2 aliphatic rings. The molecule has 1 aliphatic carbocycles. The van der Waals surface area contributed by atoms with E-state index in [0.29, 0.717) is 24.3 Å². The SMILES string of the molecule is Cc1ccc(S(=O)(=O)N2CCC[C@H](C(=O)N[C@H](C)c3ccc4c(c3)CCC4)C2)cc1. The quantitative estimate of drug-likeness (QED) is 0.792. The summed E-state index contributed by atoms with van der Waals surface area (Å²) < 4.78 is 27.5. The Morgan fingerprint density at radius 1 is 1.07 bits per heavy atom. The van der Waals surface area contributed by atoms with E-state index in [-0.39, 0.29) is 24.4 Å². The number of aryl methyl sites for hydroxylation is 3. The maximum Gasteiger partial charge on any atom is 0.243 e. The van der Waals surface area contributed by atoms with Crippen molar-refractivity contribution in [2.24, 2.45) is 5.92 Å². The number of hydrogen-bond donors (Lipinski definition) is 1. The molecule has 1 amide bonds. The van der Waals surface area contributed by atoms with E-state index in [0.717, 1.165) is 24.0 Å². The van der Waals surface area contributed by atoms with Gasteiger partial charge in [0.2, 0.25) is 15.9 Å². The number of carbonyl (C=O) groups is 1. The summed E-state index contributed by atoms with van der Waals surface area (Å²) in [4.78, 5) is 13.2. The van der Waals surface area contributed by atoms with Gasteiger partial charge in [0.15, 0.2) is 0 Å². The molecule has 0 radical (unpaired) electrons. The molecule has 0 spiro atoms. The van der Waals surface area contributed by atoms with E-state index in [1.165, 1.54) is 21.9 Å². The molecule has 5 nitrogen and oxygen atoms in total. The van der Waals surface area contributed by atoms with Crippen LogP contribution in [-0.2, 0) is 27.7 Å². The number of amides is 1. The Hall–Kier alpha value is -2.18. The summed E-state index contributed by atoms with van der Waals surface area (Å²) in [6.07, 6.45) is 4.86. The number of piperidine rings is 1. The van der Waals surface area contributed by atoms with Gasteiger partial charge in [0.1, 0.15) is 0 Å². The maximum absolute atomic E-state index is 13.0. The normalized spacial score (nSPS) is 20.5. The zero-order chi connectivity index (χ0) is 21.3. The predicted octanol–water partition coefficient (Wildman–Crippen LogP) is 3.76. The van der Waals surface area contributed by atoms with Crippen LogP contribution in [-0.4, -0.2) is 31.7 Å². The Labute approximate surface area is 179 Å². The molecule has 0 saturated carbocycles. The highest BCUT2D eigenvalue weighted by Crippen LogP contribution is 2.27. The van der Waals surface area contributed by atoms with Gasteiger partial charge in [-0.15, -0.1) is 0 Å². The molecule has 2 aromatic rings. The topological polar surface area (TPSA) is 66.5 Å². The first-order valence-electron chi connectivity index (χ1n) is 10.8. The molecule has 6 heteroatoms. The summed E-state index contributed by atoms with van der Waals surface area (Å²) in [5.41, 5.74) is 4.94. The Bertz CT molecular complexity index is 1030. The summed E-state index contributed by atoms with van der Waals surface area (Å²) >= 11 is 0. The Balaban J connectivity index is 1.42. The Morgan fingerprint density at radius 3 is 2.57 bits per heavy atom. The maximum atomic E-state index is 13.0. The van der Waals surface area contributed by atoms with Crippen LogP contribution in [0, 0.1) is 12.8 Å². The van der Waals surface area contributed by atoms with E-state index in [4.69, 9.17) is 0 Å². The number of rotatable bonds is 5. The first-order valence-corrected chi connectivity index (χ1v) is 12.3. The fourth-order valence-corrected chi connectivity index (χ4v) is 6.03.